The molecule has 0 aromatic carbocycles. The number of hydrogen-bond acceptors (Lipinski definition) is 2. The van der Waals surface area contributed by atoms with E-state index in [0.717, 1.165) is 0 Å². The van der Waals surface area contributed by atoms with E-state index >= 15 is 0 Å². The van der Waals surface area contributed by atoms with Crippen LogP contribution in [0.1, 0.15) is 0 Å². The minimum Gasteiger partial charge on any atom is -0.369 e. The smallest absolute Gasteiger partial charge is 0.0110 e. The van der Waals surface area contributed by atoms with Crippen LogP contribution in [0.15, 0.2) is 0 Å². The van der Waals surface area contributed by atoms with Crippen molar-refractivity contribution in [3.8, 4) is 0 Å². The van der Waals surface area contributed by atoms with Crippen molar-refractivity contribution in [2.45, 2.75) is 0 Å². The maximum Gasteiger partial charge on any atom is 0.0110 e. The fraction of sp³-hybridized carbons (Fsp3) is 1.00. The highest BCUT2D eigenvalue weighted by molar-refractivity contribution is 4.78. The highest BCUT2D eigenvalue weighted by Crippen LogP contribution is 2.06. The first-order chi connectivity index (χ1) is 3.95. The van der Waals surface area contributed by atoms with Crippen LogP contribution in [-0.4, -0.2) is 49.1 Å². The summed E-state index contributed by atoms with van der Waals surface area (Å²) in [5.41, 5.74) is 0. The molecule has 4 N–H and O–H groups in total. The standard InChI is InChI=1S/C6H12N2.H3N/c1-2-8-5-3-7(1)4-6-8;/h1-6H2;1H3/p+1. The Kier molecular flexibility index (Phi) is 2.05. The van der Waals surface area contributed by atoms with Crippen LogP contribution in [0.3, 0.4) is 0 Å². The summed E-state index contributed by atoms with van der Waals surface area (Å²) >= 11 is 0. The Balaban J connectivity index is 0.000000405. The number of piperazine rings is 3. The fourth-order valence-electron chi connectivity index (χ4n) is 1.52. The maximum absolute atomic E-state index is 2.54. The molecule has 3 fully saturated rings. The van der Waals surface area contributed by atoms with Crippen molar-refractivity contribution in [3.05, 3.63) is 0 Å². The Hall–Kier alpha value is -0.120. The van der Waals surface area contributed by atoms with Crippen molar-refractivity contribution in [1.82, 2.24) is 16.0 Å². The van der Waals surface area contributed by atoms with Gasteiger partial charge in [0.25, 0.3) is 0 Å². The molecule has 0 atom stereocenters. The lowest BCUT2D eigenvalue weighted by Crippen LogP contribution is -2.55. The molecule has 0 aliphatic carbocycles. The molecule has 3 saturated heterocycles. The number of quaternary nitrogens is 1. The predicted octanol–water partition coefficient (Wildman–Crippen LogP) is -0.00620. The lowest BCUT2D eigenvalue weighted by molar-refractivity contribution is 0.0647. The van der Waals surface area contributed by atoms with Gasteiger partial charge in [0.1, 0.15) is 0 Å². The Bertz CT molecular complexity index is 63.3. The Morgan fingerprint density at radius 1 is 0.556 bits per heavy atom. The highest BCUT2D eigenvalue weighted by Gasteiger charge is 2.21. The molecule has 3 aliphatic rings. The topological polar surface area (TPSA) is 43.0 Å². The third-order valence-corrected chi connectivity index (χ3v) is 2.20. The second kappa shape index (κ2) is 2.64. The third-order valence-electron chi connectivity index (χ3n) is 2.20. The van der Waals surface area contributed by atoms with Crippen LogP contribution in [-0.2, 0) is 0 Å². The van der Waals surface area contributed by atoms with Crippen molar-refractivity contribution in [2.24, 2.45) is 0 Å². The number of hydrogen-bond donors (Lipinski definition) is 1. The van der Waals surface area contributed by atoms with Gasteiger partial charge in [-0.1, -0.05) is 0 Å². The van der Waals surface area contributed by atoms with Crippen molar-refractivity contribution >= 4 is 0 Å². The molecule has 9 heavy (non-hydrogen) atoms. The zero-order valence-corrected chi connectivity index (χ0v) is 6.14. The average Bonchev–Trinajstić information content (AvgIpc) is 1.92. The molecule has 0 aromatic rings. The molecule has 3 nitrogen and oxygen atoms in total. The van der Waals surface area contributed by atoms with E-state index in [2.05, 4.69) is 9.80 Å². The van der Waals surface area contributed by atoms with E-state index in [-0.39, 0.29) is 6.15 Å². The summed E-state index contributed by atoms with van der Waals surface area (Å²) in [6.45, 7) is 7.92. The minimum absolute atomic E-state index is 0. The zero-order valence-electron chi connectivity index (χ0n) is 6.14. The summed E-state index contributed by atoms with van der Waals surface area (Å²) < 4.78 is 0. The van der Waals surface area contributed by atoms with Gasteiger partial charge in [-0.2, -0.15) is 0 Å². The molecule has 3 heterocycles. The second-order valence-electron chi connectivity index (χ2n) is 2.68. The molecular formula is C6H16N3+. The van der Waals surface area contributed by atoms with E-state index < -0.39 is 0 Å². The van der Waals surface area contributed by atoms with Crippen molar-refractivity contribution in [1.29, 1.82) is 0 Å². The molecule has 0 unspecified atom stereocenters. The molecule has 0 amide bonds. The Morgan fingerprint density at radius 3 is 0.889 bits per heavy atom. The first-order valence-corrected chi connectivity index (χ1v) is 3.40. The number of fused-ring (bicyclic) bond motifs is 3. The monoisotopic (exact) mass is 130 g/mol. The van der Waals surface area contributed by atoms with E-state index in [1.54, 1.807) is 0 Å². The summed E-state index contributed by atoms with van der Waals surface area (Å²) in [7, 11) is 0. The minimum atomic E-state index is 0. The van der Waals surface area contributed by atoms with Gasteiger partial charge in [-0.3, -0.25) is 9.80 Å². The van der Waals surface area contributed by atoms with Crippen LogP contribution in [0, 0.1) is 0 Å². The maximum atomic E-state index is 2.54. The predicted molar refractivity (Wildman–Crippen MR) is 38.9 cm³/mol. The van der Waals surface area contributed by atoms with E-state index in [1.807, 2.05) is 0 Å². The second-order valence-corrected chi connectivity index (χ2v) is 2.68. The molecule has 0 aromatic heterocycles. The van der Waals surface area contributed by atoms with Gasteiger partial charge < -0.3 is 6.15 Å². The summed E-state index contributed by atoms with van der Waals surface area (Å²) in [5.74, 6) is 0. The van der Waals surface area contributed by atoms with Gasteiger partial charge in [-0.15, -0.1) is 0 Å². The normalized spacial score (nSPS) is 40.0. The number of nitrogens with zero attached hydrogens (tertiary/aromatic N) is 2. The van der Waals surface area contributed by atoms with E-state index in [9.17, 15) is 0 Å². The lowest BCUT2D eigenvalue weighted by Gasteiger charge is -2.41. The van der Waals surface area contributed by atoms with Crippen LogP contribution in [0.5, 0.6) is 0 Å². The summed E-state index contributed by atoms with van der Waals surface area (Å²) in [6.07, 6.45) is 0. The number of rotatable bonds is 0. The summed E-state index contributed by atoms with van der Waals surface area (Å²) in [5, 5.41) is 0. The van der Waals surface area contributed by atoms with Gasteiger partial charge in [0.15, 0.2) is 0 Å². The molecule has 0 radical (unpaired) electrons. The molecule has 3 heteroatoms. The third kappa shape index (κ3) is 1.23. The van der Waals surface area contributed by atoms with Crippen LogP contribution in [0.25, 0.3) is 0 Å². The van der Waals surface area contributed by atoms with Crippen LogP contribution in [0.4, 0.5) is 0 Å². The molecule has 0 saturated carbocycles. The van der Waals surface area contributed by atoms with Gasteiger partial charge in [0.05, 0.1) is 0 Å². The Morgan fingerprint density at radius 2 is 0.778 bits per heavy atom. The van der Waals surface area contributed by atoms with E-state index in [4.69, 9.17) is 0 Å². The first kappa shape index (κ1) is 6.99. The first-order valence-electron chi connectivity index (χ1n) is 3.40. The van der Waals surface area contributed by atoms with Gasteiger partial charge in [0, 0.05) is 39.3 Å². The molecular weight excluding hydrogens is 114 g/mol. The van der Waals surface area contributed by atoms with Crippen molar-refractivity contribution in [3.63, 3.8) is 0 Å². The lowest BCUT2D eigenvalue weighted by atomic mass is 10.2. The zero-order chi connectivity index (χ0) is 5.40. The Labute approximate surface area is 56.2 Å². The van der Waals surface area contributed by atoms with E-state index in [1.165, 1.54) is 39.3 Å². The molecule has 0 spiro atoms. The van der Waals surface area contributed by atoms with Crippen LogP contribution >= 0.6 is 0 Å². The molecule has 2 bridgehead atoms. The SMILES string of the molecule is C1CN2CCN1CC2.[NH4+]. The van der Waals surface area contributed by atoms with Crippen molar-refractivity contribution in [2.75, 3.05) is 39.3 Å². The molecule has 3 rings (SSSR count). The van der Waals surface area contributed by atoms with E-state index in [0.29, 0.717) is 0 Å². The largest absolute Gasteiger partial charge is 0.369 e. The van der Waals surface area contributed by atoms with Gasteiger partial charge in [-0.25, -0.2) is 0 Å². The highest BCUT2D eigenvalue weighted by atomic mass is 15.3. The molecule has 3 aliphatic heterocycles. The van der Waals surface area contributed by atoms with Gasteiger partial charge in [0.2, 0.25) is 0 Å². The van der Waals surface area contributed by atoms with Crippen LogP contribution < -0.4 is 6.15 Å². The van der Waals surface area contributed by atoms with Crippen molar-refractivity contribution < 1.29 is 0 Å². The quantitative estimate of drug-likeness (QED) is 0.501. The van der Waals surface area contributed by atoms with Gasteiger partial charge in [-0.05, 0) is 0 Å². The van der Waals surface area contributed by atoms with Gasteiger partial charge >= 0.3 is 0 Å². The molecule has 54 valence electrons. The summed E-state index contributed by atoms with van der Waals surface area (Å²) in [4.78, 5) is 5.08. The summed E-state index contributed by atoms with van der Waals surface area (Å²) in [6, 6.07) is 0. The average molecular weight is 130 g/mol. The fourth-order valence-corrected chi connectivity index (χ4v) is 1.52. The van der Waals surface area contributed by atoms with Crippen LogP contribution in [0.2, 0.25) is 0 Å².